The Labute approximate surface area is 189 Å². The number of esters is 2. The molecule has 3 aliphatic heterocycles. The van der Waals surface area contributed by atoms with Gasteiger partial charge in [-0.3, -0.25) is 14.3 Å². The fourth-order valence-corrected chi connectivity index (χ4v) is 4.40. The van der Waals surface area contributed by atoms with Crippen molar-refractivity contribution in [3.8, 4) is 0 Å². The van der Waals surface area contributed by atoms with Crippen LogP contribution in [0.2, 0.25) is 0 Å². The molecule has 0 bridgehead atoms. The Hall–Kier alpha value is -1.30. The monoisotopic (exact) mass is 460 g/mol. The Kier molecular flexibility index (Phi) is 7.84. The number of hydrogen-bond acceptors (Lipinski definition) is 10. The third kappa shape index (κ3) is 5.26. The quantitative estimate of drug-likeness (QED) is 0.546. The van der Waals surface area contributed by atoms with Gasteiger partial charge in [-0.05, 0) is 12.8 Å². The smallest absolute Gasteiger partial charge is 0.303 e. The first-order valence-corrected chi connectivity index (χ1v) is 11.1. The van der Waals surface area contributed by atoms with Gasteiger partial charge in [-0.1, -0.05) is 20.8 Å². The van der Waals surface area contributed by atoms with Crippen molar-refractivity contribution < 1.29 is 47.5 Å². The van der Waals surface area contributed by atoms with Gasteiger partial charge >= 0.3 is 11.9 Å². The van der Waals surface area contributed by atoms with Crippen LogP contribution in [0.3, 0.4) is 0 Å². The van der Waals surface area contributed by atoms with E-state index in [1.54, 1.807) is 6.92 Å². The standard InChI is InChI=1S/C22H36O10/c1-10-11(2)18(28-15(6)24)20(29-16(10)9-26-14(5)23)30-17-12(3)13(4)27-21-19(17)31-22(7,25-8)32-21/h10-13,16-21H,9H2,1-8H3/t10-,11?,12-,13?,16-,17-,18?,19?,20+,21+,22?/m0/s1. The van der Waals surface area contributed by atoms with Gasteiger partial charge in [-0.25, -0.2) is 0 Å². The molecule has 3 fully saturated rings. The van der Waals surface area contributed by atoms with E-state index in [4.69, 9.17) is 37.9 Å². The molecule has 3 aliphatic rings. The van der Waals surface area contributed by atoms with Gasteiger partial charge in [0.2, 0.25) is 0 Å². The minimum Gasteiger partial charge on any atom is -0.463 e. The fourth-order valence-electron chi connectivity index (χ4n) is 4.40. The van der Waals surface area contributed by atoms with Crippen LogP contribution in [-0.4, -0.2) is 74.7 Å². The van der Waals surface area contributed by atoms with Crippen LogP contribution in [-0.2, 0) is 47.5 Å². The van der Waals surface area contributed by atoms with Crippen molar-refractivity contribution in [3.05, 3.63) is 0 Å². The number of carbonyl (C=O) groups is 2. The highest BCUT2D eigenvalue weighted by Gasteiger charge is 2.57. The summed E-state index contributed by atoms with van der Waals surface area (Å²) in [6.07, 6.45) is -3.88. The number of fused-ring (bicyclic) bond motifs is 1. The van der Waals surface area contributed by atoms with Crippen molar-refractivity contribution >= 4 is 11.9 Å². The average Bonchev–Trinajstić information content (AvgIpc) is 3.05. The van der Waals surface area contributed by atoms with Crippen LogP contribution in [0.25, 0.3) is 0 Å². The molecule has 0 aromatic heterocycles. The molecule has 0 N–H and O–H groups in total. The highest BCUT2D eigenvalue weighted by Crippen LogP contribution is 2.42. The lowest BCUT2D eigenvalue weighted by atomic mass is 9.83. The number of ether oxygens (including phenoxy) is 8. The van der Waals surface area contributed by atoms with Crippen LogP contribution < -0.4 is 0 Å². The van der Waals surface area contributed by atoms with Gasteiger partial charge in [0.1, 0.15) is 12.7 Å². The second-order valence-electron chi connectivity index (χ2n) is 9.07. The lowest BCUT2D eigenvalue weighted by Gasteiger charge is -2.47. The van der Waals surface area contributed by atoms with Crippen LogP contribution in [0.4, 0.5) is 0 Å². The third-order valence-electron chi connectivity index (χ3n) is 6.81. The van der Waals surface area contributed by atoms with Crippen LogP contribution in [0.5, 0.6) is 0 Å². The predicted octanol–water partition coefficient (Wildman–Crippen LogP) is 1.98. The van der Waals surface area contributed by atoms with E-state index in [0.717, 1.165) is 0 Å². The fraction of sp³-hybridized carbons (Fsp3) is 0.909. The Morgan fingerprint density at radius 1 is 0.906 bits per heavy atom. The molecule has 0 amide bonds. The van der Waals surface area contributed by atoms with Crippen molar-refractivity contribution in [1.29, 1.82) is 0 Å². The molecule has 0 spiro atoms. The molecule has 3 saturated heterocycles. The third-order valence-corrected chi connectivity index (χ3v) is 6.81. The molecular formula is C22H36O10. The number of carbonyl (C=O) groups excluding carboxylic acids is 2. The first-order valence-electron chi connectivity index (χ1n) is 11.1. The summed E-state index contributed by atoms with van der Waals surface area (Å²) in [7, 11) is 1.49. The van der Waals surface area contributed by atoms with E-state index < -0.39 is 54.9 Å². The summed E-state index contributed by atoms with van der Waals surface area (Å²) in [6, 6.07) is 0. The van der Waals surface area contributed by atoms with E-state index in [1.807, 2.05) is 27.7 Å². The summed E-state index contributed by atoms with van der Waals surface area (Å²) < 4.78 is 46.6. The molecule has 0 aromatic carbocycles. The van der Waals surface area contributed by atoms with E-state index >= 15 is 0 Å². The lowest BCUT2D eigenvalue weighted by Crippen LogP contribution is -2.59. The van der Waals surface area contributed by atoms with E-state index in [0.29, 0.717) is 0 Å². The molecular weight excluding hydrogens is 424 g/mol. The largest absolute Gasteiger partial charge is 0.463 e. The van der Waals surface area contributed by atoms with E-state index in [1.165, 1.54) is 21.0 Å². The van der Waals surface area contributed by atoms with Gasteiger partial charge in [0, 0.05) is 39.7 Å². The first-order chi connectivity index (χ1) is 15.0. The molecule has 0 saturated carbocycles. The van der Waals surface area contributed by atoms with Crippen molar-refractivity contribution in [3.63, 3.8) is 0 Å². The Balaban J connectivity index is 1.84. The maximum absolute atomic E-state index is 11.8. The summed E-state index contributed by atoms with van der Waals surface area (Å²) >= 11 is 0. The zero-order chi connectivity index (χ0) is 23.8. The Bertz CT molecular complexity index is 684. The zero-order valence-electron chi connectivity index (χ0n) is 20.1. The van der Waals surface area contributed by atoms with E-state index in [-0.39, 0.29) is 30.5 Å². The number of methoxy groups -OCH3 is 1. The SMILES string of the molecule is COC1(C)OC2[C@H](OC(C)[C@H](C)[C@@H]2O[C@H]2O[C@@H](COC(C)=O)[C@@H](C)C(C)C2OC(C)=O)O1. The highest BCUT2D eigenvalue weighted by atomic mass is 16.9. The summed E-state index contributed by atoms with van der Waals surface area (Å²) in [4.78, 5) is 23.2. The molecule has 5 unspecified atom stereocenters. The molecule has 3 heterocycles. The maximum atomic E-state index is 11.8. The first kappa shape index (κ1) is 25.3. The van der Waals surface area contributed by atoms with Gasteiger partial charge in [0.05, 0.1) is 18.3 Å². The minimum absolute atomic E-state index is 0.0415. The van der Waals surface area contributed by atoms with Gasteiger partial charge < -0.3 is 33.2 Å². The molecule has 10 nitrogen and oxygen atoms in total. The highest BCUT2D eigenvalue weighted by molar-refractivity contribution is 5.66. The van der Waals surface area contributed by atoms with Crippen molar-refractivity contribution in [1.82, 2.24) is 0 Å². The summed E-state index contributed by atoms with van der Waals surface area (Å²) in [6.45, 7) is 12.3. The van der Waals surface area contributed by atoms with E-state index in [9.17, 15) is 9.59 Å². The maximum Gasteiger partial charge on any atom is 0.303 e. The lowest BCUT2D eigenvalue weighted by molar-refractivity contribution is -0.334. The second-order valence-corrected chi connectivity index (χ2v) is 9.07. The molecule has 10 heteroatoms. The summed E-state index contributed by atoms with van der Waals surface area (Å²) in [5.74, 6) is -2.31. The minimum atomic E-state index is -1.26. The van der Waals surface area contributed by atoms with Gasteiger partial charge in [-0.15, -0.1) is 0 Å². The predicted molar refractivity (Wildman–Crippen MR) is 109 cm³/mol. The van der Waals surface area contributed by atoms with Crippen LogP contribution in [0.15, 0.2) is 0 Å². The Morgan fingerprint density at radius 3 is 2.19 bits per heavy atom. The molecule has 32 heavy (non-hydrogen) atoms. The molecule has 11 atom stereocenters. The van der Waals surface area contributed by atoms with Crippen LogP contribution >= 0.6 is 0 Å². The molecule has 3 rings (SSSR count). The van der Waals surface area contributed by atoms with Crippen molar-refractivity contribution in [2.24, 2.45) is 17.8 Å². The van der Waals surface area contributed by atoms with Gasteiger partial charge in [0.25, 0.3) is 5.97 Å². The summed E-state index contributed by atoms with van der Waals surface area (Å²) in [5, 5.41) is 0. The molecule has 0 radical (unpaired) electrons. The van der Waals surface area contributed by atoms with Crippen molar-refractivity contribution in [2.45, 2.75) is 97.5 Å². The molecule has 0 aromatic rings. The van der Waals surface area contributed by atoms with Crippen LogP contribution in [0, 0.1) is 17.8 Å². The second kappa shape index (κ2) is 9.90. The molecule has 184 valence electrons. The van der Waals surface area contributed by atoms with Gasteiger partial charge in [-0.2, -0.15) is 0 Å². The number of hydrogen-bond donors (Lipinski definition) is 0. The van der Waals surface area contributed by atoms with Gasteiger partial charge in [0.15, 0.2) is 18.7 Å². The molecule has 0 aliphatic carbocycles. The van der Waals surface area contributed by atoms with Crippen molar-refractivity contribution in [2.75, 3.05) is 13.7 Å². The summed E-state index contributed by atoms with van der Waals surface area (Å²) in [5.41, 5.74) is 0. The zero-order valence-corrected chi connectivity index (χ0v) is 20.1. The number of rotatable bonds is 6. The van der Waals surface area contributed by atoms with E-state index in [2.05, 4.69) is 0 Å². The topological polar surface area (TPSA) is 108 Å². The van der Waals surface area contributed by atoms with Crippen LogP contribution in [0.1, 0.15) is 48.5 Å². The average molecular weight is 461 g/mol. The Morgan fingerprint density at radius 2 is 1.59 bits per heavy atom. The normalized spacial score (nSPS) is 46.4.